The summed E-state index contributed by atoms with van der Waals surface area (Å²) in [4.78, 5) is 0. The van der Waals surface area contributed by atoms with Crippen LogP contribution < -0.4 is 9.75 Å². The van der Waals surface area contributed by atoms with Crippen molar-refractivity contribution >= 4 is 24.0 Å². The minimum Gasteiger partial charge on any atom is -0.144 e. The SMILES string of the molecule is C=C.C=c1ccs/c1=C/C=C(C)C. The van der Waals surface area contributed by atoms with Crippen LogP contribution in [0.25, 0.3) is 12.7 Å². The summed E-state index contributed by atoms with van der Waals surface area (Å²) in [6.45, 7) is 14.1. The third kappa shape index (κ3) is 4.48. The molecule has 0 atom stereocenters. The van der Waals surface area contributed by atoms with Gasteiger partial charge in [-0.1, -0.05) is 18.2 Å². The van der Waals surface area contributed by atoms with Gasteiger partial charge in [0.05, 0.1) is 0 Å². The molecule has 1 aromatic rings. The summed E-state index contributed by atoms with van der Waals surface area (Å²) in [5.41, 5.74) is 1.32. The van der Waals surface area contributed by atoms with Gasteiger partial charge in [0, 0.05) is 4.53 Å². The van der Waals surface area contributed by atoms with E-state index in [1.165, 1.54) is 10.1 Å². The second-order valence-electron chi connectivity index (χ2n) is 2.72. The highest BCUT2D eigenvalue weighted by Gasteiger charge is 1.80. The Hall–Kier alpha value is -1.08. The summed E-state index contributed by atoms with van der Waals surface area (Å²) in [6.07, 6.45) is 4.23. The Balaban J connectivity index is 0.000000671. The minimum absolute atomic E-state index is 1.12. The predicted octanol–water partition coefficient (Wildman–Crippen LogP) is 2.71. The van der Waals surface area contributed by atoms with E-state index in [-0.39, 0.29) is 0 Å². The highest BCUT2D eigenvalue weighted by Crippen LogP contribution is 1.88. The Labute approximate surface area is 84.2 Å². The molecule has 1 heteroatoms. The van der Waals surface area contributed by atoms with Crippen molar-refractivity contribution in [2.24, 2.45) is 0 Å². The zero-order chi connectivity index (χ0) is 10.3. The van der Waals surface area contributed by atoms with Crippen molar-refractivity contribution in [3.63, 3.8) is 0 Å². The van der Waals surface area contributed by atoms with E-state index in [0.29, 0.717) is 0 Å². The van der Waals surface area contributed by atoms with Crippen molar-refractivity contribution in [3.8, 4) is 0 Å². The van der Waals surface area contributed by atoms with E-state index in [0.717, 1.165) is 5.22 Å². The Kier molecular flexibility index (Phi) is 5.90. The Bertz CT molecular complexity index is 364. The second kappa shape index (κ2) is 6.44. The number of thiophene rings is 1. The van der Waals surface area contributed by atoms with E-state index in [9.17, 15) is 0 Å². The van der Waals surface area contributed by atoms with Crippen molar-refractivity contribution < 1.29 is 0 Å². The standard InChI is InChI=1S/C10H12S.C2H4/c1-8(2)4-5-10-9(3)6-7-11-10;1-2/h4-7H,3H2,1-2H3;1-2H2/b10-5+;. The average Bonchev–Trinajstić information content (AvgIpc) is 2.51. The Morgan fingerprint density at radius 1 is 1.38 bits per heavy atom. The van der Waals surface area contributed by atoms with Gasteiger partial charge in [-0.05, 0) is 36.6 Å². The van der Waals surface area contributed by atoms with Gasteiger partial charge in [0.15, 0.2) is 0 Å². The zero-order valence-electron chi connectivity index (χ0n) is 8.34. The zero-order valence-corrected chi connectivity index (χ0v) is 9.16. The summed E-state index contributed by atoms with van der Waals surface area (Å²) in [5, 5.41) is 3.18. The molecule has 70 valence electrons. The van der Waals surface area contributed by atoms with Crippen LogP contribution in [0.5, 0.6) is 0 Å². The fourth-order valence-corrected chi connectivity index (χ4v) is 1.48. The molecule has 0 saturated heterocycles. The molecule has 0 saturated carbocycles. The van der Waals surface area contributed by atoms with E-state index < -0.39 is 0 Å². The fraction of sp³-hybridized carbons (Fsp3) is 0.167. The monoisotopic (exact) mass is 192 g/mol. The largest absolute Gasteiger partial charge is 0.144 e. The first-order valence-corrected chi connectivity index (χ1v) is 4.96. The van der Waals surface area contributed by atoms with Gasteiger partial charge in [-0.15, -0.1) is 24.5 Å². The first-order valence-electron chi connectivity index (χ1n) is 4.08. The van der Waals surface area contributed by atoms with Gasteiger partial charge >= 0.3 is 0 Å². The normalized spacial score (nSPS) is 10.2. The molecule has 1 heterocycles. The van der Waals surface area contributed by atoms with Crippen molar-refractivity contribution in [2.75, 3.05) is 0 Å². The molecule has 1 aromatic heterocycles. The first-order chi connectivity index (χ1) is 6.20. The number of allylic oxidation sites excluding steroid dienone is 2. The molecule has 0 nitrogen and oxygen atoms in total. The third-order valence-electron chi connectivity index (χ3n) is 1.35. The van der Waals surface area contributed by atoms with Crippen molar-refractivity contribution in [2.45, 2.75) is 13.8 Å². The van der Waals surface area contributed by atoms with Crippen molar-refractivity contribution in [1.29, 1.82) is 0 Å². The maximum Gasteiger partial charge on any atom is 0.0336 e. The number of hydrogen-bond donors (Lipinski definition) is 0. The van der Waals surface area contributed by atoms with Crippen molar-refractivity contribution in [3.05, 3.63) is 46.0 Å². The van der Waals surface area contributed by atoms with Crippen LogP contribution in [0.4, 0.5) is 0 Å². The molecule has 0 aliphatic rings. The average molecular weight is 192 g/mol. The lowest BCUT2D eigenvalue weighted by molar-refractivity contribution is 1.40. The van der Waals surface area contributed by atoms with E-state index in [2.05, 4.69) is 51.1 Å². The lowest BCUT2D eigenvalue weighted by Crippen LogP contribution is -2.14. The molecule has 13 heavy (non-hydrogen) atoms. The lowest BCUT2D eigenvalue weighted by atomic mass is 10.3. The summed E-state index contributed by atoms with van der Waals surface area (Å²) >= 11 is 1.73. The summed E-state index contributed by atoms with van der Waals surface area (Å²) in [5.74, 6) is 0. The second-order valence-corrected chi connectivity index (χ2v) is 3.67. The molecule has 0 aromatic carbocycles. The molecule has 0 spiro atoms. The molecule has 0 aliphatic carbocycles. The van der Waals surface area contributed by atoms with E-state index in [4.69, 9.17) is 0 Å². The summed E-state index contributed by atoms with van der Waals surface area (Å²) in [6, 6.07) is 2.04. The van der Waals surface area contributed by atoms with Crippen LogP contribution in [-0.2, 0) is 0 Å². The topological polar surface area (TPSA) is 0 Å². The lowest BCUT2D eigenvalue weighted by Gasteiger charge is -1.80. The van der Waals surface area contributed by atoms with Gasteiger partial charge in [-0.3, -0.25) is 0 Å². The maximum absolute atomic E-state index is 3.91. The predicted molar refractivity (Wildman–Crippen MR) is 64.2 cm³/mol. The minimum atomic E-state index is 1.12. The van der Waals surface area contributed by atoms with E-state index in [1.54, 1.807) is 11.3 Å². The van der Waals surface area contributed by atoms with Crippen LogP contribution in [0, 0.1) is 0 Å². The van der Waals surface area contributed by atoms with Crippen LogP contribution in [0.2, 0.25) is 0 Å². The molecule has 0 aliphatic heterocycles. The van der Waals surface area contributed by atoms with E-state index in [1.807, 2.05) is 6.07 Å². The quantitative estimate of drug-likeness (QED) is 0.600. The van der Waals surface area contributed by atoms with Gasteiger partial charge in [-0.25, -0.2) is 0 Å². The Morgan fingerprint density at radius 3 is 2.38 bits per heavy atom. The molecular formula is C12H16S. The third-order valence-corrected chi connectivity index (χ3v) is 2.27. The summed E-state index contributed by atoms with van der Waals surface area (Å²) < 4.78 is 1.26. The van der Waals surface area contributed by atoms with Crippen LogP contribution in [-0.4, -0.2) is 0 Å². The molecule has 0 bridgehead atoms. The van der Waals surface area contributed by atoms with Crippen molar-refractivity contribution in [1.82, 2.24) is 0 Å². The molecular weight excluding hydrogens is 176 g/mol. The van der Waals surface area contributed by atoms with Crippen LogP contribution in [0.1, 0.15) is 13.8 Å². The highest BCUT2D eigenvalue weighted by molar-refractivity contribution is 7.07. The Morgan fingerprint density at radius 2 is 2.00 bits per heavy atom. The van der Waals surface area contributed by atoms with Crippen LogP contribution in [0.3, 0.4) is 0 Å². The maximum atomic E-state index is 3.91. The van der Waals surface area contributed by atoms with Gasteiger partial charge < -0.3 is 0 Å². The van der Waals surface area contributed by atoms with Crippen LogP contribution in [0.15, 0.2) is 36.3 Å². The molecule has 0 fully saturated rings. The molecule has 1 rings (SSSR count). The number of hydrogen-bond acceptors (Lipinski definition) is 1. The van der Waals surface area contributed by atoms with Gasteiger partial charge in [-0.2, -0.15) is 0 Å². The van der Waals surface area contributed by atoms with E-state index >= 15 is 0 Å². The van der Waals surface area contributed by atoms with Crippen LogP contribution >= 0.6 is 11.3 Å². The summed E-state index contributed by atoms with van der Waals surface area (Å²) in [7, 11) is 0. The van der Waals surface area contributed by atoms with Gasteiger partial charge in [0.1, 0.15) is 0 Å². The first kappa shape index (κ1) is 11.9. The molecule has 0 unspecified atom stereocenters. The molecule has 0 radical (unpaired) electrons. The van der Waals surface area contributed by atoms with Gasteiger partial charge in [0.2, 0.25) is 0 Å². The molecule has 0 N–H and O–H groups in total. The van der Waals surface area contributed by atoms with Gasteiger partial charge in [0.25, 0.3) is 0 Å². The molecule has 0 amide bonds. The smallest absolute Gasteiger partial charge is 0.0336 e. The number of rotatable bonds is 1. The fourth-order valence-electron chi connectivity index (χ4n) is 0.736. The highest BCUT2D eigenvalue weighted by atomic mass is 32.1.